The Bertz CT molecular complexity index is 1570. The Balaban J connectivity index is 1.51. The number of ether oxygens (including phenoxy) is 1. The van der Waals surface area contributed by atoms with Crippen molar-refractivity contribution in [2.45, 2.75) is 76.3 Å². The Morgan fingerprint density at radius 2 is 1.78 bits per heavy atom. The van der Waals surface area contributed by atoms with E-state index in [1.807, 2.05) is 36.4 Å². The van der Waals surface area contributed by atoms with Crippen LogP contribution in [-0.4, -0.2) is 74.5 Å². The van der Waals surface area contributed by atoms with Crippen LogP contribution < -0.4 is 16.4 Å². The number of fused-ring (bicyclic) bond motifs is 1. The second-order valence-electron chi connectivity index (χ2n) is 12.1. The first-order valence-corrected chi connectivity index (χ1v) is 14.8. The van der Waals surface area contributed by atoms with E-state index >= 15 is 0 Å². The van der Waals surface area contributed by atoms with Gasteiger partial charge in [0.25, 0.3) is 11.6 Å². The number of nitrogens with zero attached hydrogens (tertiary/aromatic N) is 2. The molecule has 1 aromatic heterocycles. The van der Waals surface area contributed by atoms with E-state index in [1.165, 1.54) is 6.20 Å². The first-order chi connectivity index (χ1) is 21.3. The van der Waals surface area contributed by atoms with E-state index in [0.29, 0.717) is 23.7 Å². The average Bonchev–Trinajstić information content (AvgIpc) is 3.32. The van der Waals surface area contributed by atoms with Crippen molar-refractivity contribution in [3.8, 4) is 0 Å². The molecule has 238 valence electrons. The fraction of sp³-hybridized carbons (Fsp3) is 0.394. The fourth-order valence-corrected chi connectivity index (χ4v) is 5.25. The Labute approximate surface area is 261 Å². The highest BCUT2D eigenvalue weighted by atomic mass is 16.6. The molecule has 5 N–H and O–H groups in total. The van der Waals surface area contributed by atoms with Crippen LogP contribution in [0.5, 0.6) is 0 Å². The molecule has 0 aliphatic carbocycles. The zero-order chi connectivity index (χ0) is 32.8. The Hall–Kier alpha value is -4.84. The van der Waals surface area contributed by atoms with Gasteiger partial charge in [0, 0.05) is 24.5 Å². The van der Waals surface area contributed by atoms with Gasteiger partial charge in [0.2, 0.25) is 17.7 Å². The van der Waals surface area contributed by atoms with Gasteiger partial charge in [0.15, 0.2) is 0 Å². The van der Waals surface area contributed by atoms with Gasteiger partial charge in [0.1, 0.15) is 11.6 Å². The number of hydrogen-bond donors (Lipinski definition) is 4. The molecule has 45 heavy (non-hydrogen) atoms. The van der Waals surface area contributed by atoms with E-state index in [0.717, 1.165) is 10.5 Å². The van der Waals surface area contributed by atoms with E-state index in [1.54, 1.807) is 45.0 Å². The van der Waals surface area contributed by atoms with Gasteiger partial charge in [-0.05, 0) is 57.7 Å². The highest BCUT2D eigenvalue weighted by Gasteiger charge is 2.58. The van der Waals surface area contributed by atoms with Gasteiger partial charge in [-0.15, -0.1) is 0 Å². The SMILES string of the molecule is CC(C)(C)OC(=O)[C@@]1(O)[C@@H](NC(=O)[C@H](CC(N)=O)NC(=O)c2cnc3ccccc3c2)CCN1C(=O)CCCc1ccccc1. The minimum Gasteiger partial charge on any atom is -0.456 e. The standard InChI is InChI=1S/C33H39N5O7/c1-32(2,3)45-31(43)33(44)26(16-17-38(33)28(40)15-9-12-21-10-5-4-6-11-21)37-30(42)25(19-27(34)39)36-29(41)23-18-22-13-7-8-14-24(22)35-20-23/h4-8,10-11,13-14,18,20,25-26,44H,9,12,15-17,19H2,1-3H3,(H2,34,39)(H,36,41)(H,37,42)/t25-,26-,33-/m0/s1. The summed E-state index contributed by atoms with van der Waals surface area (Å²) in [5, 5.41) is 17.6. The minimum absolute atomic E-state index is 0.0116. The number of esters is 1. The second kappa shape index (κ2) is 13.9. The number of hydrogen-bond acceptors (Lipinski definition) is 8. The number of para-hydroxylation sites is 1. The van der Waals surface area contributed by atoms with Crippen molar-refractivity contribution in [2.75, 3.05) is 6.54 Å². The number of rotatable bonds is 11. The highest BCUT2D eigenvalue weighted by Crippen LogP contribution is 2.32. The number of likely N-dealkylation sites (tertiary alicyclic amines) is 1. The summed E-state index contributed by atoms with van der Waals surface area (Å²) in [5.41, 5.74) is 3.71. The average molecular weight is 618 g/mol. The lowest BCUT2D eigenvalue weighted by Gasteiger charge is -2.37. The Kier molecular flexibility index (Phi) is 10.2. The van der Waals surface area contributed by atoms with Crippen molar-refractivity contribution in [1.29, 1.82) is 0 Å². The summed E-state index contributed by atoms with van der Waals surface area (Å²) in [6.45, 7) is 4.80. The molecule has 0 spiro atoms. The van der Waals surface area contributed by atoms with Gasteiger partial charge in [-0.25, -0.2) is 4.79 Å². The molecule has 12 heteroatoms. The van der Waals surface area contributed by atoms with Gasteiger partial charge in [0.05, 0.1) is 23.5 Å². The third-order valence-electron chi connectivity index (χ3n) is 7.43. The number of primary amides is 1. The molecule has 2 aromatic carbocycles. The van der Waals surface area contributed by atoms with Crippen LogP contribution in [0.1, 0.15) is 62.4 Å². The van der Waals surface area contributed by atoms with E-state index in [4.69, 9.17) is 10.5 Å². The third-order valence-corrected chi connectivity index (χ3v) is 7.43. The molecule has 0 unspecified atom stereocenters. The summed E-state index contributed by atoms with van der Waals surface area (Å²) in [5.74, 6) is -4.01. The maximum atomic E-state index is 13.5. The maximum Gasteiger partial charge on any atom is 0.362 e. The smallest absolute Gasteiger partial charge is 0.362 e. The van der Waals surface area contributed by atoms with Gasteiger partial charge in [-0.1, -0.05) is 48.5 Å². The summed E-state index contributed by atoms with van der Waals surface area (Å²) < 4.78 is 5.49. The maximum absolute atomic E-state index is 13.5. The number of aromatic nitrogens is 1. The van der Waals surface area contributed by atoms with Gasteiger partial charge < -0.3 is 31.1 Å². The Morgan fingerprint density at radius 3 is 2.47 bits per heavy atom. The van der Waals surface area contributed by atoms with Crippen LogP contribution in [-0.2, 0) is 30.3 Å². The topological polar surface area (TPSA) is 181 Å². The van der Waals surface area contributed by atoms with Crippen molar-refractivity contribution >= 4 is 40.5 Å². The molecule has 0 saturated carbocycles. The van der Waals surface area contributed by atoms with Crippen molar-refractivity contribution in [3.63, 3.8) is 0 Å². The predicted molar refractivity (Wildman–Crippen MR) is 165 cm³/mol. The molecule has 0 bridgehead atoms. The van der Waals surface area contributed by atoms with Crippen molar-refractivity contribution in [1.82, 2.24) is 20.5 Å². The number of carbonyl (C=O) groups excluding carboxylic acids is 5. The van der Waals surface area contributed by atoms with E-state index in [-0.39, 0.29) is 24.9 Å². The molecule has 1 saturated heterocycles. The molecule has 3 atom stereocenters. The van der Waals surface area contributed by atoms with Crippen molar-refractivity contribution < 1.29 is 33.8 Å². The predicted octanol–water partition coefficient (Wildman–Crippen LogP) is 1.98. The summed E-state index contributed by atoms with van der Waals surface area (Å²) >= 11 is 0. The minimum atomic E-state index is -2.53. The van der Waals surface area contributed by atoms with Crippen LogP contribution in [0.3, 0.4) is 0 Å². The summed E-state index contributed by atoms with van der Waals surface area (Å²) in [7, 11) is 0. The lowest BCUT2D eigenvalue weighted by Crippen LogP contribution is -2.65. The zero-order valence-electron chi connectivity index (χ0n) is 25.6. The number of carbonyl (C=O) groups is 5. The molecule has 1 aliphatic rings. The number of benzene rings is 2. The van der Waals surface area contributed by atoms with Crippen molar-refractivity contribution in [3.05, 3.63) is 78.0 Å². The van der Waals surface area contributed by atoms with E-state index in [9.17, 15) is 29.1 Å². The third kappa shape index (κ3) is 8.21. The lowest BCUT2D eigenvalue weighted by atomic mass is 10.0. The molecule has 4 amide bonds. The van der Waals surface area contributed by atoms with Crippen LogP contribution in [0.4, 0.5) is 0 Å². The van der Waals surface area contributed by atoms with E-state index < -0.39 is 59.4 Å². The zero-order valence-corrected chi connectivity index (χ0v) is 25.6. The van der Waals surface area contributed by atoms with Crippen LogP contribution in [0.15, 0.2) is 66.9 Å². The molecule has 1 aliphatic heterocycles. The number of aryl methyl sites for hydroxylation is 1. The molecule has 1 fully saturated rings. The van der Waals surface area contributed by atoms with Crippen LogP contribution in [0, 0.1) is 0 Å². The van der Waals surface area contributed by atoms with Crippen LogP contribution in [0.2, 0.25) is 0 Å². The number of nitrogens with one attached hydrogen (secondary N) is 2. The first kappa shape index (κ1) is 33.1. The first-order valence-electron chi connectivity index (χ1n) is 14.8. The normalized spacial score (nSPS) is 18.7. The number of pyridine rings is 1. The second-order valence-corrected chi connectivity index (χ2v) is 12.1. The molecule has 12 nitrogen and oxygen atoms in total. The summed E-state index contributed by atoms with van der Waals surface area (Å²) in [4.78, 5) is 70.5. The number of amides is 4. The molecule has 2 heterocycles. The molecular weight excluding hydrogens is 578 g/mol. The Morgan fingerprint density at radius 1 is 1.09 bits per heavy atom. The highest BCUT2D eigenvalue weighted by molar-refractivity contribution is 6.01. The van der Waals surface area contributed by atoms with Gasteiger partial charge in [-0.3, -0.25) is 24.2 Å². The molecule has 0 radical (unpaired) electrons. The molecule has 3 aromatic rings. The summed E-state index contributed by atoms with van der Waals surface area (Å²) in [6.07, 6.45) is 1.93. The van der Waals surface area contributed by atoms with Gasteiger partial charge >= 0.3 is 5.97 Å². The molecule has 4 rings (SSSR count). The number of aliphatic hydroxyl groups is 1. The monoisotopic (exact) mass is 617 g/mol. The number of nitrogens with two attached hydrogens (primary N) is 1. The van der Waals surface area contributed by atoms with Crippen LogP contribution in [0.25, 0.3) is 10.9 Å². The van der Waals surface area contributed by atoms with Crippen LogP contribution >= 0.6 is 0 Å². The molecular formula is C33H39N5O7. The van der Waals surface area contributed by atoms with Crippen molar-refractivity contribution in [2.24, 2.45) is 5.73 Å². The fourth-order valence-electron chi connectivity index (χ4n) is 5.25. The van der Waals surface area contributed by atoms with E-state index in [2.05, 4.69) is 15.6 Å². The lowest BCUT2D eigenvalue weighted by molar-refractivity contribution is -0.200. The largest absolute Gasteiger partial charge is 0.456 e. The quantitative estimate of drug-likeness (QED) is 0.236. The van der Waals surface area contributed by atoms with Gasteiger partial charge in [-0.2, -0.15) is 0 Å². The summed E-state index contributed by atoms with van der Waals surface area (Å²) in [6, 6.07) is 15.6.